The third kappa shape index (κ3) is 2.88. The Morgan fingerprint density at radius 1 is 1.05 bits per heavy atom. The van der Waals surface area contributed by atoms with Gasteiger partial charge in [-0.05, 0) is 24.3 Å². The van der Waals surface area contributed by atoms with E-state index in [0.29, 0.717) is 25.9 Å². The molecule has 1 fully saturated rings. The Balaban J connectivity index is 1.70. The van der Waals surface area contributed by atoms with Gasteiger partial charge in [0.25, 0.3) is 0 Å². The van der Waals surface area contributed by atoms with Gasteiger partial charge in [0.2, 0.25) is 0 Å². The van der Waals surface area contributed by atoms with E-state index in [-0.39, 0.29) is 11.9 Å². The molecular weight excluding hydrogens is 280 g/mol. The summed E-state index contributed by atoms with van der Waals surface area (Å²) in [5.41, 5.74) is 0.781. The number of urea groups is 1. The van der Waals surface area contributed by atoms with Crippen molar-refractivity contribution in [3.8, 4) is 0 Å². The molecule has 2 N–H and O–H groups in total. The normalized spacial score (nSPS) is 15.7. The predicted molar refractivity (Wildman–Crippen MR) is 84.9 cm³/mol. The van der Waals surface area contributed by atoms with Crippen LogP contribution in [0.25, 0.3) is 10.8 Å². The van der Waals surface area contributed by atoms with E-state index >= 15 is 0 Å². The molecule has 2 aromatic carbocycles. The van der Waals surface area contributed by atoms with Crippen LogP contribution in [0, 0.1) is 5.92 Å². The number of carbonyl (C=O) groups excluding carboxylic acids is 1. The topological polar surface area (TPSA) is 69.6 Å². The van der Waals surface area contributed by atoms with Crippen LogP contribution in [-0.4, -0.2) is 35.1 Å². The molecule has 0 saturated carbocycles. The monoisotopic (exact) mass is 298 g/mol. The Morgan fingerprint density at radius 2 is 1.73 bits per heavy atom. The summed E-state index contributed by atoms with van der Waals surface area (Å²) in [6.45, 7) is 0.959. The second-order valence-electron chi connectivity index (χ2n) is 5.56. The number of hydrogen-bond donors (Lipinski definition) is 2. The van der Waals surface area contributed by atoms with E-state index in [2.05, 4.69) is 5.32 Å². The van der Waals surface area contributed by atoms with Crippen LogP contribution in [0.5, 0.6) is 0 Å². The number of carboxylic acids is 1. The van der Waals surface area contributed by atoms with Crippen molar-refractivity contribution >= 4 is 28.5 Å². The molecule has 0 bridgehead atoms. The maximum absolute atomic E-state index is 12.4. The molecular formula is C17H18N2O3. The van der Waals surface area contributed by atoms with Crippen LogP contribution in [0.4, 0.5) is 10.5 Å². The molecule has 5 nitrogen and oxygen atoms in total. The fourth-order valence-corrected chi connectivity index (χ4v) is 2.86. The van der Waals surface area contributed by atoms with Crippen LogP contribution in [0.3, 0.4) is 0 Å². The number of fused-ring (bicyclic) bond motifs is 1. The predicted octanol–water partition coefficient (Wildman–Crippen LogP) is 3.17. The van der Waals surface area contributed by atoms with Gasteiger partial charge < -0.3 is 15.3 Å². The number of nitrogens with zero attached hydrogens (tertiary/aromatic N) is 1. The molecule has 1 saturated heterocycles. The number of piperidine rings is 1. The number of hydrogen-bond acceptors (Lipinski definition) is 2. The quantitative estimate of drug-likeness (QED) is 0.894. The molecule has 0 aromatic heterocycles. The highest BCUT2D eigenvalue weighted by molar-refractivity contribution is 6.01. The summed E-state index contributed by atoms with van der Waals surface area (Å²) in [5.74, 6) is -1.10. The first-order valence-electron chi connectivity index (χ1n) is 7.41. The molecule has 0 atom stereocenters. The summed E-state index contributed by atoms with van der Waals surface area (Å²) >= 11 is 0. The minimum Gasteiger partial charge on any atom is -0.481 e. The van der Waals surface area contributed by atoms with E-state index in [9.17, 15) is 9.59 Å². The van der Waals surface area contributed by atoms with Crippen molar-refractivity contribution in [1.82, 2.24) is 4.90 Å². The van der Waals surface area contributed by atoms with Crippen molar-refractivity contribution in [3.05, 3.63) is 42.5 Å². The average Bonchev–Trinajstić information content (AvgIpc) is 2.55. The smallest absolute Gasteiger partial charge is 0.321 e. The number of anilines is 1. The number of benzene rings is 2. The van der Waals surface area contributed by atoms with Crippen LogP contribution in [0.1, 0.15) is 12.8 Å². The van der Waals surface area contributed by atoms with Gasteiger partial charge in [0, 0.05) is 18.5 Å². The molecule has 22 heavy (non-hydrogen) atoms. The molecule has 0 spiro atoms. The van der Waals surface area contributed by atoms with Crippen LogP contribution in [-0.2, 0) is 4.79 Å². The third-order valence-electron chi connectivity index (χ3n) is 4.16. The minimum absolute atomic E-state index is 0.166. The van der Waals surface area contributed by atoms with E-state index in [0.717, 1.165) is 16.5 Å². The fourth-order valence-electron chi connectivity index (χ4n) is 2.86. The van der Waals surface area contributed by atoms with Gasteiger partial charge in [0.1, 0.15) is 0 Å². The molecule has 1 heterocycles. The zero-order chi connectivity index (χ0) is 15.5. The van der Waals surface area contributed by atoms with Gasteiger partial charge in [-0.1, -0.05) is 36.4 Å². The van der Waals surface area contributed by atoms with Crippen molar-refractivity contribution in [1.29, 1.82) is 0 Å². The van der Waals surface area contributed by atoms with E-state index in [1.165, 1.54) is 0 Å². The first-order valence-corrected chi connectivity index (χ1v) is 7.41. The number of likely N-dealkylation sites (tertiary alicyclic amines) is 1. The highest BCUT2D eigenvalue weighted by Crippen LogP contribution is 2.24. The second kappa shape index (κ2) is 6.05. The lowest BCUT2D eigenvalue weighted by Crippen LogP contribution is -2.42. The van der Waals surface area contributed by atoms with Crippen LogP contribution < -0.4 is 5.32 Å². The molecule has 0 aliphatic carbocycles. The van der Waals surface area contributed by atoms with E-state index in [1.54, 1.807) is 4.90 Å². The molecule has 1 aliphatic heterocycles. The summed E-state index contributed by atoms with van der Waals surface area (Å²) in [7, 11) is 0. The molecule has 0 radical (unpaired) electrons. The maximum Gasteiger partial charge on any atom is 0.321 e. The number of nitrogens with one attached hydrogen (secondary N) is 1. The number of rotatable bonds is 2. The van der Waals surface area contributed by atoms with Crippen molar-refractivity contribution in [2.24, 2.45) is 5.92 Å². The molecule has 1 aliphatic rings. The number of aliphatic carboxylic acids is 1. The molecule has 0 unspecified atom stereocenters. The van der Waals surface area contributed by atoms with Crippen molar-refractivity contribution in [2.45, 2.75) is 12.8 Å². The Hall–Kier alpha value is -2.56. The number of amides is 2. The van der Waals surface area contributed by atoms with Gasteiger partial charge in [0.05, 0.1) is 11.6 Å². The van der Waals surface area contributed by atoms with Crippen molar-refractivity contribution in [2.75, 3.05) is 18.4 Å². The first kappa shape index (κ1) is 14.4. The van der Waals surface area contributed by atoms with Gasteiger partial charge in [-0.2, -0.15) is 0 Å². The van der Waals surface area contributed by atoms with Gasteiger partial charge in [-0.25, -0.2) is 4.79 Å². The zero-order valence-electron chi connectivity index (χ0n) is 12.2. The van der Waals surface area contributed by atoms with Crippen molar-refractivity contribution < 1.29 is 14.7 Å². The van der Waals surface area contributed by atoms with Crippen LogP contribution in [0.15, 0.2) is 42.5 Å². The minimum atomic E-state index is -0.769. The average molecular weight is 298 g/mol. The van der Waals surface area contributed by atoms with Gasteiger partial charge in [-0.15, -0.1) is 0 Å². The van der Waals surface area contributed by atoms with Crippen molar-refractivity contribution in [3.63, 3.8) is 0 Å². The van der Waals surface area contributed by atoms with Gasteiger partial charge in [0.15, 0.2) is 0 Å². The number of carbonyl (C=O) groups is 2. The third-order valence-corrected chi connectivity index (χ3v) is 4.16. The zero-order valence-corrected chi connectivity index (χ0v) is 12.2. The first-order chi connectivity index (χ1) is 10.6. The summed E-state index contributed by atoms with van der Waals surface area (Å²) in [4.78, 5) is 25.0. The molecule has 2 amide bonds. The molecule has 114 valence electrons. The SMILES string of the molecule is O=C(O)C1CCN(C(=O)Nc2cccc3ccccc23)CC1. The maximum atomic E-state index is 12.4. The lowest BCUT2D eigenvalue weighted by atomic mass is 9.97. The Kier molecular flexibility index (Phi) is 3.96. The van der Waals surface area contributed by atoms with Gasteiger partial charge in [-0.3, -0.25) is 4.79 Å². The van der Waals surface area contributed by atoms with E-state index < -0.39 is 5.97 Å². The Bertz CT molecular complexity index is 701. The van der Waals surface area contributed by atoms with E-state index in [4.69, 9.17) is 5.11 Å². The summed E-state index contributed by atoms with van der Waals surface area (Å²) < 4.78 is 0. The summed E-state index contributed by atoms with van der Waals surface area (Å²) in [5, 5.41) is 14.0. The molecule has 3 rings (SSSR count). The van der Waals surface area contributed by atoms with Gasteiger partial charge >= 0.3 is 12.0 Å². The second-order valence-corrected chi connectivity index (χ2v) is 5.56. The molecule has 5 heteroatoms. The lowest BCUT2D eigenvalue weighted by Gasteiger charge is -2.30. The van der Waals surface area contributed by atoms with Crippen LogP contribution in [0.2, 0.25) is 0 Å². The largest absolute Gasteiger partial charge is 0.481 e. The summed E-state index contributed by atoms with van der Waals surface area (Å²) in [6.07, 6.45) is 1.02. The molecule has 2 aromatic rings. The lowest BCUT2D eigenvalue weighted by molar-refractivity contribution is -0.143. The standard InChI is InChI=1S/C17H18N2O3/c20-16(21)13-8-10-19(11-9-13)17(22)18-15-7-3-5-12-4-1-2-6-14(12)15/h1-7,13H,8-11H2,(H,18,22)(H,20,21). The fraction of sp³-hybridized carbons (Fsp3) is 0.294. The van der Waals surface area contributed by atoms with Crippen LogP contribution >= 0.6 is 0 Å². The number of carboxylic acid groups (broad SMARTS) is 1. The summed E-state index contributed by atoms with van der Waals surface area (Å²) in [6, 6.07) is 13.5. The highest BCUT2D eigenvalue weighted by atomic mass is 16.4. The highest BCUT2D eigenvalue weighted by Gasteiger charge is 2.27. The Morgan fingerprint density at radius 3 is 2.45 bits per heavy atom. The van der Waals surface area contributed by atoms with E-state index in [1.807, 2.05) is 42.5 Å². The Labute approximate surface area is 128 Å².